The van der Waals surface area contributed by atoms with Crippen molar-refractivity contribution in [2.45, 2.75) is 13.1 Å². The fourth-order valence-electron chi connectivity index (χ4n) is 1.97. The lowest BCUT2D eigenvalue weighted by molar-refractivity contribution is 0.0963. The normalized spacial score (nSPS) is 10.4. The molecule has 0 aliphatic carbocycles. The van der Waals surface area contributed by atoms with Crippen LogP contribution in [0.3, 0.4) is 0 Å². The molecule has 110 valence electrons. The van der Waals surface area contributed by atoms with Crippen molar-refractivity contribution in [3.05, 3.63) is 64.2 Å². The van der Waals surface area contributed by atoms with Crippen molar-refractivity contribution >= 4 is 17.5 Å². The van der Waals surface area contributed by atoms with Crippen LogP contribution in [0.25, 0.3) is 0 Å². The third-order valence-corrected chi connectivity index (χ3v) is 3.52. The summed E-state index contributed by atoms with van der Waals surface area (Å²) in [7, 11) is 1.61. The molecule has 21 heavy (non-hydrogen) atoms. The zero-order valence-electron chi connectivity index (χ0n) is 11.7. The number of nitrogens with one attached hydrogen (secondary N) is 2. The molecular weight excluding hydrogens is 288 g/mol. The van der Waals surface area contributed by atoms with E-state index >= 15 is 0 Å². The number of carbonyl (C=O) groups is 1. The molecule has 1 amide bonds. The van der Waals surface area contributed by atoms with E-state index in [1.165, 1.54) is 0 Å². The zero-order valence-corrected chi connectivity index (χ0v) is 12.4. The lowest BCUT2D eigenvalue weighted by Crippen LogP contribution is -2.18. The summed E-state index contributed by atoms with van der Waals surface area (Å²) in [4.78, 5) is 11.4. The third kappa shape index (κ3) is 3.97. The third-order valence-electron chi connectivity index (χ3n) is 3.17. The van der Waals surface area contributed by atoms with Gasteiger partial charge in [-0.1, -0.05) is 29.8 Å². The maximum absolute atomic E-state index is 11.4. The highest BCUT2D eigenvalue weighted by Crippen LogP contribution is 2.24. The molecule has 0 aromatic heterocycles. The van der Waals surface area contributed by atoms with Crippen LogP contribution >= 0.6 is 11.6 Å². The Morgan fingerprint density at radius 3 is 2.48 bits per heavy atom. The van der Waals surface area contributed by atoms with Gasteiger partial charge in [-0.2, -0.15) is 0 Å². The van der Waals surface area contributed by atoms with Crippen LogP contribution in [-0.2, 0) is 13.1 Å². The molecule has 0 saturated carbocycles. The Morgan fingerprint density at radius 2 is 1.86 bits per heavy atom. The smallest absolute Gasteiger partial charge is 0.251 e. The highest BCUT2D eigenvalue weighted by molar-refractivity contribution is 6.31. The van der Waals surface area contributed by atoms with E-state index in [0.717, 1.165) is 5.56 Å². The molecule has 0 aliphatic rings. The number of rotatable bonds is 5. The van der Waals surface area contributed by atoms with E-state index in [0.29, 0.717) is 29.2 Å². The second-order valence-electron chi connectivity index (χ2n) is 4.62. The van der Waals surface area contributed by atoms with Gasteiger partial charge in [-0.25, -0.2) is 0 Å². The zero-order chi connectivity index (χ0) is 15.2. The van der Waals surface area contributed by atoms with Crippen molar-refractivity contribution in [1.29, 1.82) is 0 Å². The Kier molecular flexibility index (Phi) is 5.20. The summed E-state index contributed by atoms with van der Waals surface area (Å²) in [6.07, 6.45) is 0. The van der Waals surface area contributed by atoms with Gasteiger partial charge in [0.05, 0.1) is 0 Å². The Bertz CT molecular complexity index is 606. The highest BCUT2D eigenvalue weighted by atomic mass is 35.5. The SMILES string of the molecule is CNC(=O)c1ccc(CNCc2c(O)cccc2Cl)cc1. The summed E-state index contributed by atoms with van der Waals surface area (Å²) in [5, 5.41) is 16.1. The monoisotopic (exact) mass is 304 g/mol. The summed E-state index contributed by atoms with van der Waals surface area (Å²) in [5.41, 5.74) is 2.36. The topological polar surface area (TPSA) is 61.4 Å². The molecular formula is C16H17ClN2O2. The van der Waals surface area contributed by atoms with Crippen LogP contribution in [0.15, 0.2) is 42.5 Å². The van der Waals surface area contributed by atoms with Gasteiger partial charge in [0.25, 0.3) is 5.91 Å². The number of carbonyl (C=O) groups excluding carboxylic acids is 1. The molecule has 0 spiro atoms. The number of phenols is 1. The van der Waals surface area contributed by atoms with E-state index in [-0.39, 0.29) is 11.7 Å². The van der Waals surface area contributed by atoms with E-state index in [2.05, 4.69) is 10.6 Å². The lowest BCUT2D eigenvalue weighted by Gasteiger charge is -2.09. The molecule has 0 radical (unpaired) electrons. The maximum atomic E-state index is 11.4. The van der Waals surface area contributed by atoms with Crippen LogP contribution in [-0.4, -0.2) is 18.1 Å². The number of hydrogen-bond donors (Lipinski definition) is 3. The van der Waals surface area contributed by atoms with Gasteiger partial charge in [-0.3, -0.25) is 4.79 Å². The molecule has 3 N–H and O–H groups in total. The highest BCUT2D eigenvalue weighted by Gasteiger charge is 2.06. The second-order valence-corrected chi connectivity index (χ2v) is 5.02. The Hall–Kier alpha value is -2.04. The van der Waals surface area contributed by atoms with Gasteiger partial charge in [0, 0.05) is 36.3 Å². The van der Waals surface area contributed by atoms with Crippen LogP contribution in [0, 0.1) is 0 Å². The van der Waals surface area contributed by atoms with E-state index in [4.69, 9.17) is 11.6 Å². The van der Waals surface area contributed by atoms with Crippen molar-refractivity contribution in [3.8, 4) is 5.75 Å². The minimum Gasteiger partial charge on any atom is -0.508 e. The number of aromatic hydroxyl groups is 1. The van der Waals surface area contributed by atoms with Gasteiger partial charge in [-0.15, -0.1) is 0 Å². The summed E-state index contributed by atoms with van der Waals surface area (Å²) >= 11 is 6.04. The molecule has 0 heterocycles. The average molecular weight is 305 g/mol. The summed E-state index contributed by atoms with van der Waals surface area (Å²) in [6, 6.07) is 12.4. The standard InChI is InChI=1S/C16H17ClN2O2/c1-18-16(21)12-7-5-11(6-8-12)9-19-10-13-14(17)3-2-4-15(13)20/h2-8,19-20H,9-10H2,1H3,(H,18,21). The predicted molar refractivity (Wildman–Crippen MR) is 83.5 cm³/mol. The molecule has 0 fully saturated rings. The molecule has 2 aromatic rings. The van der Waals surface area contributed by atoms with Crippen LogP contribution in [0.1, 0.15) is 21.5 Å². The summed E-state index contributed by atoms with van der Waals surface area (Å²) < 4.78 is 0. The molecule has 2 rings (SSSR count). The fourth-order valence-corrected chi connectivity index (χ4v) is 2.21. The van der Waals surface area contributed by atoms with Gasteiger partial charge in [0.2, 0.25) is 0 Å². The van der Waals surface area contributed by atoms with E-state index < -0.39 is 0 Å². The molecule has 0 saturated heterocycles. The molecule has 0 unspecified atom stereocenters. The largest absolute Gasteiger partial charge is 0.508 e. The van der Waals surface area contributed by atoms with Gasteiger partial charge >= 0.3 is 0 Å². The Labute approximate surface area is 128 Å². The Balaban J connectivity index is 1.93. The average Bonchev–Trinajstić information content (AvgIpc) is 2.50. The van der Waals surface area contributed by atoms with Gasteiger partial charge < -0.3 is 15.7 Å². The molecule has 5 heteroatoms. The quantitative estimate of drug-likeness (QED) is 0.796. The maximum Gasteiger partial charge on any atom is 0.251 e. The van der Waals surface area contributed by atoms with Crippen molar-refractivity contribution < 1.29 is 9.90 Å². The molecule has 2 aromatic carbocycles. The van der Waals surface area contributed by atoms with Crippen molar-refractivity contribution in [3.63, 3.8) is 0 Å². The van der Waals surface area contributed by atoms with E-state index in [9.17, 15) is 9.90 Å². The minimum absolute atomic E-state index is 0.101. The number of benzene rings is 2. The van der Waals surface area contributed by atoms with Crippen molar-refractivity contribution in [2.75, 3.05) is 7.05 Å². The van der Waals surface area contributed by atoms with Crippen LogP contribution < -0.4 is 10.6 Å². The first kappa shape index (κ1) is 15.4. The van der Waals surface area contributed by atoms with Crippen molar-refractivity contribution in [1.82, 2.24) is 10.6 Å². The van der Waals surface area contributed by atoms with Crippen LogP contribution in [0.5, 0.6) is 5.75 Å². The van der Waals surface area contributed by atoms with E-state index in [1.54, 1.807) is 37.4 Å². The molecule has 0 atom stereocenters. The summed E-state index contributed by atoms with van der Waals surface area (Å²) in [5.74, 6) is 0.0838. The summed E-state index contributed by atoms with van der Waals surface area (Å²) in [6.45, 7) is 1.10. The number of phenolic OH excluding ortho intramolecular Hbond substituents is 1. The molecule has 0 bridgehead atoms. The number of hydrogen-bond acceptors (Lipinski definition) is 3. The first-order valence-electron chi connectivity index (χ1n) is 6.60. The lowest BCUT2D eigenvalue weighted by atomic mass is 10.1. The van der Waals surface area contributed by atoms with Gasteiger partial charge in [0.15, 0.2) is 0 Å². The Morgan fingerprint density at radius 1 is 1.14 bits per heavy atom. The van der Waals surface area contributed by atoms with Crippen molar-refractivity contribution in [2.24, 2.45) is 0 Å². The van der Waals surface area contributed by atoms with Gasteiger partial charge in [0.1, 0.15) is 5.75 Å². The predicted octanol–water partition coefficient (Wildman–Crippen LogP) is 2.70. The fraction of sp³-hybridized carbons (Fsp3) is 0.188. The number of amides is 1. The molecule has 0 aliphatic heterocycles. The first-order valence-corrected chi connectivity index (χ1v) is 6.97. The minimum atomic E-state index is -0.101. The van der Waals surface area contributed by atoms with E-state index in [1.807, 2.05) is 12.1 Å². The van der Waals surface area contributed by atoms with Gasteiger partial charge in [-0.05, 0) is 29.8 Å². The molecule has 4 nitrogen and oxygen atoms in total. The number of halogens is 1. The van der Waals surface area contributed by atoms with Crippen LogP contribution in [0.4, 0.5) is 0 Å². The first-order chi connectivity index (χ1) is 10.1. The second kappa shape index (κ2) is 7.11. The van der Waals surface area contributed by atoms with Crippen LogP contribution in [0.2, 0.25) is 5.02 Å².